The molecule has 0 bridgehead atoms. The van der Waals surface area contributed by atoms with E-state index >= 15 is 0 Å². The zero-order valence-electron chi connectivity index (χ0n) is 16.4. The fraction of sp³-hybridized carbons (Fsp3) is 0.259. The molecule has 5 rings (SSSR count). The maximum atomic E-state index is 2.40. The highest BCUT2D eigenvalue weighted by atomic mass is 14.4. The predicted molar refractivity (Wildman–Crippen MR) is 115 cm³/mol. The van der Waals surface area contributed by atoms with Gasteiger partial charge in [0.15, 0.2) is 0 Å². The monoisotopic (exact) mass is 350 g/mol. The van der Waals surface area contributed by atoms with Crippen LogP contribution in [0, 0.1) is 0 Å². The van der Waals surface area contributed by atoms with Crippen LogP contribution >= 0.6 is 0 Å². The molecule has 134 valence electrons. The van der Waals surface area contributed by atoms with E-state index in [1.807, 2.05) is 0 Å². The molecule has 2 aliphatic rings. The molecule has 2 atom stereocenters. The second-order valence-electron chi connectivity index (χ2n) is 8.99. The van der Waals surface area contributed by atoms with Gasteiger partial charge >= 0.3 is 0 Å². The van der Waals surface area contributed by atoms with Crippen LogP contribution < -0.4 is 0 Å². The Balaban J connectivity index is 1.63. The van der Waals surface area contributed by atoms with Crippen molar-refractivity contribution in [1.29, 1.82) is 0 Å². The van der Waals surface area contributed by atoms with Gasteiger partial charge in [-0.05, 0) is 50.8 Å². The fourth-order valence-electron chi connectivity index (χ4n) is 5.02. The zero-order chi connectivity index (χ0) is 18.6. The van der Waals surface area contributed by atoms with E-state index in [-0.39, 0.29) is 5.41 Å². The Morgan fingerprint density at radius 2 is 1.44 bits per heavy atom. The van der Waals surface area contributed by atoms with Gasteiger partial charge in [-0.25, -0.2) is 0 Å². The number of hydrogen-bond acceptors (Lipinski definition) is 0. The SMILES string of the molecule is CC(C)(C)c1cccc2c1-c1ccccc1C2CC1C=Cc2ccccc21. The van der Waals surface area contributed by atoms with Crippen molar-refractivity contribution >= 4 is 6.08 Å². The molecule has 2 unspecified atom stereocenters. The molecule has 3 aromatic carbocycles. The standard InChI is InChI=1S/C27H26/c1-27(2,3)25-14-8-13-23-24(21-11-6-7-12-22(21)26(23)25)17-19-16-15-18-9-4-5-10-20(18)19/h4-16,19,24H,17H2,1-3H3. The van der Waals surface area contributed by atoms with Gasteiger partial charge in [-0.1, -0.05) is 99.7 Å². The van der Waals surface area contributed by atoms with E-state index in [1.165, 1.54) is 38.9 Å². The van der Waals surface area contributed by atoms with Crippen LogP contribution in [0.1, 0.15) is 66.8 Å². The highest BCUT2D eigenvalue weighted by molar-refractivity contribution is 5.82. The van der Waals surface area contributed by atoms with Gasteiger partial charge in [0, 0.05) is 11.8 Å². The molecule has 0 saturated heterocycles. The van der Waals surface area contributed by atoms with E-state index in [1.54, 1.807) is 0 Å². The van der Waals surface area contributed by atoms with E-state index in [4.69, 9.17) is 0 Å². The molecule has 0 spiro atoms. The molecule has 0 fully saturated rings. The van der Waals surface area contributed by atoms with E-state index in [0.29, 0.717) is 11.8 Å². The number of rotatable bonds is 2. The highest BCUT2D eigenvalue weighted by Crippen LogP contribution is 2.52. The fourth-order valence-corrected chi connectivity index (χ4v) is 5.02. The van der Waals surface area contributed by atoms with Crippen molar-refractivity contribution in [2.45, 2.75) is 44.4 Å². The Morgan fingerprint density at radius 1 is 0.741 bits per heavy atom. The van der Waals surface area contributed by atoms with Crippen LogP contribution in [0.3, 0.4) is 0 Å². The summed E-state index contributed by atoms with van der Waals surface area (Å²) in [6.45, 7) is 6.98. The van der Waals surface area contributed by atoms with E-state index < -0.39 is 0 Å². The number of benzene rings is 3. The Morgan fingerprint density at radius 3 is 2.26 bits per heavy atom. The van der Waals surface area contributed by atoms with Gasteiger partial charge in [0.25, 0.3) is 0 Å². The number of hydrogen-bond donors (Lipinski definition) is 0. The summed E-state index contributed by atoms with van der Waals surface area (Å²) in [5.41, 5.74) is 10.4. The first-order chi connectivity index (χ1) is 13.0. The van der Waals surface area contributed by atoms with Crippen LogP contribution in [-0.4, -0.2) is 0 Å². The molecular weight excluding hydrogens is 324 g/mol. The molecule has 0 N–H and O–H groups in total. The lowest BCUT2D eigenvalue weighted by molar-refractivity contribution is 0.591. The largest absolute Gasteiger partial charge is 0.0763 e. The van der Waals surface area contributed by atoms with Crippen molar-refractivity contribution in [3.05, 3.63) is 101 Å². The summed E-state index contributed by atoms with van der Waals surface area (Å²) in [7, 11) is 0. The number of allylic oxidation sites excluding steroid dienone is 1. The second-order valence-corrected chi connectivity index (χ2v) is 8.99. The highest BCUT2D eigenvalue weighted by Gasteiger charge is 2.34. The third-order valence-corrected chi connectivity index (χ3v) is 6.28. The lowest BCUT2D eigenvalue weighted by Gasteiger charge is -2.24. The summed E-state index contributed by atoms with van der Waals surface area (Å²) in [4.78, 5) is 0. The minimum atomic E-state index is 0.146. The van der Waals surface area contributed by atoms with Crippen LogP contribution in [-0.2, 0) is 5.41 Å². The Bertz CT molecular complexity index is 1050. The van der Waals surface area contributed by atoms with Crippen LogP contribution in [0.25, 0.3) is 17.2 Å². The van der Waals surface area contributed by atoms with Gasteiger partial charge in [0.05, 0.1) is 0 Å². The molecule has 0 aromatic heterocycles. The van der Waals surface area contributed by atoms with Gasteiger partial charge in [0.2, 0.25) is 0 Å². The first-order valence-corrected chi connectivity index (χ1v) is 10.0. The molecule has 0 saturated carbocycles. The summed E-state index contributed by atoms with van der Waals surface area (Å²) in [6.07, 6.45) is 5.84. The van der Waals surface area contributed by atoms with E-state index in [0.717, 1.165) is 6.42 Å². The van der Waals surface area contributed by atoms with Gasteiger partial charge < -0.3 is 0 Å². The van der Waals surface area contributed by atoms with Crippen molar-refractivity contribution < 1.29 is 0 Å². The van der Waals surface area contributed by atoms with Gasteiger partial charge in [0.1, 0.15) is 0 Å². The van der Waals surface area contributed by atoms with Gasteiger partial charge in [-0.15, -0.1) is 0 Å². The van der Waals surface area contributed by atoms with E-state index in [2.05, 4.69) is 99.7 Å². The summed E-state index contributed by atoms with van der Waals surface area (Å²) >= 11 is 0. The summed E-state index contributed by atoms with van der Waals surface area (Å²) in [6, 6.07) is 24.8. The lowest BCUT2D eigenvalue weighted by Crippen LogP contribution is -2.13. The van der Waals surface area contributed by atoms with Crippen LogP contribution in [0.4, 0.5) is 0 Å². The maximum absolute atomic E-state index is 2.40. The molecular formula is C27H26. The molecule has 0 radical (unpaired) electrons. The Hall–Kier alpha value is -2.60. The third kappa shape index (κ3) is 2.58. The molecule has 27 heavy (non-hydrogen) atoms. The van der Waals surface area contributed by atoms with Gasteiger partial charge in [-0.3, -0.25) is 0 Å². The van der Waals surface area contributed by atoms with Crippen molar-refractivity contribution in [3.63, 3.8) is 0 Å². The average molecular weight is 351 g/mol. The molecule has 0 heteroatoms. The zero-order valence-corrected chi connectivity index (χ0v) is 16.4. The summed E-state index contributed by atoms with van der Waals surface area (Å²) in [5, 5.41) is 0. The minimum Gasteiger partial charge on any atom is -0.0763 e. The van der Waals surface area contributed by atoms with Crippen molar-refractivity contribution in [2.24, 2.45) is 0 Å². The second kappa shape index (κ2) is 5.96. The smallest absolute Gasteiger partial charge is 0.0111 e. The molecule has 2 aliphatic carbocycles. The Kier molecular flexibility index (Phi) is 3.65. The summed E-state index contributed by atoms with van der Waals surface area (Å²) in [5.74, 6) is 0.975. The molecule has 3 aromatic rings. The van der Waals surface area contributed by atoms with Crippen molar-refractivity contribution in [3.8, 4) is 11.1 Å². The predicted octanol–water partition coefficient (Wildman–Crippen LogP) is 7.30. The van der Waals surface area contributed by atoms with Crippen LogP contribution in [0.2, 0.25) is 0 Å². The molecule has 0 aliphatic heterocycles. The lowest BCUT2D eigenvalue weighted by atomic mass is 9.80. The third-order valence-electron chi connectivity index (χ3n) is 6.28. The average Bonchev–Trinajstić information content (AvgIpc) is 3.21. The number of fused-ring (bicyclic) bond motifs is 4. The summed E-state index contributed by atoms with van der Waals surface area (Å²) < 4.78 is 0. The van der Waals surface area contributed by atoms with Crippen LogP contribution in [0.5, 0.6) is 0 Å². The van der Waals surface area contributed by atoms with E-state index in [9.17, 15) is 0 Å². The first-order valence-electron chi connectivity index (χ1n) is 10.0. The maximum Gasteiger partial charge on any atom is 0.0111 e. The first kappa shape index (κ1) is 16.6. The molecule has 0 heterocycles. The quantitative estimate of drug-likeness (QED) is 0.455. The Labute approximate surface area is 162 Å². The minimum absolute atomic E-state index is 0.146. The van der Waals surface area contributed by atoms with Crippen molar-refractivity contribution in [2.75, 3.05) is 0 Å². The van der Waals surface area contributed by atoms with Crippen LogP contribution in [0.15, 0.2) is 72.8 Å². The topological polar surface area (TPSA) is 0 Å². The van der Waals surface area contributed by atoms with Crippen molar-refractivity contribution in [1.82, 2.24) is 0 Å². The molecule has 0 nitrogen and oxygen atoms in total. The molecule has 0 amide bonds. The normalized spacial score (nSPS) is 19.7. The van der Waals surface area contributed by atoms with Gasteiger partial charge in [-0.2, -0.15) is 0 Å².